The molecule has 0 aliphatic carbocycles. The lowest BCUT2D eigenvalue weighted by atomic mass is 9.97. The molecule has 5 heteroatoms. The van der Waals surface area contributed by atoms with Crippen LogP contribution in [0.15, 0.2) is 0 Å². The van der Waals surface area contributed by atoms with Gasteiger partial charge in [0.25, 0.3) is 0 Å². The number of carbonyl (C=O) groups is 1. The van der Waals surface area contributed by atoms with Gasteiger partial charge in [0.1, 0.15) is 0 Å². The number of amides is 2. The molecule has 2 amide bonds. The second-order valence-corrected chi connectivity index (χ2v) is 6.02. The molecule has 2 fully saturated rings. The van der Waals surface area contributed by atoms with Crippen molar-refractivity contribution in [1.82, 2.24) is 15.1 Å². The highest BCUT2D eigenvalue weighted by Crippen LogP contribution is 2.19. The Labute approximate surface area is 116 Å². The third-order valence-corrected chi connectivity index (χ3v) is 4.32. The lowest BCUT2D eigenvalue weighted by molar-refractivity contribution is 0.146. The molecule has 5 nitrogen and oxygen atoms in total. The van der Waals surface area contributed by atoms with Crippen LogP contribution in [0.5, 0.6) is 0 Å². The summed E-state index contributed by atoms with van der Waals surface area (Å²) >= 11 is 0. The Balaban J connectivity index is 1.72. The number of nitrogens with zero attached hydrogens (tertiary/aromatic N) is 2. The molecule has 2 rings (SSSR count). The summed E-state index contributed by atoms with van der Waals surface area (Å²) in [6.45, 7) is 5.79. The topological polar surface area (TPSA) is 44.8 Å². The Morgan fingerprint density at radius 1 is 1.32 bits per heavy atom. The molecule has 2 aliphatic heterocycles. The quantitative estimate of drug-likeness (QED) is 0.836. The van der Waals surface area contributed by atoms with Crippen LogP contribution in [-0.4, -0.2) is 68.3 Å². The summed E-state index contributed by atoms with van der Waals surface area (Å²) in [5, 5.41) is 3.72. The zero-order chi connectivity index (χ0) is 13.8. The number of hydrogen-bond acceptors (Lipinski definition) is 3. The minimum absolute atomic E-state index is 0.135. The van der Waals surface area contributed by atoms with E-state index in [1.54, 1.807) is 4.90 Å². The van der Waals surface area contributed by atoms with Gasteiger partial charge in [-0.25, -0.2) is 4.79 Å². The molecule has 19 heavy (non-hydrogen) atoms. The Kier molecular flexibility index (Phi) is 5.05. The monoisotopic (exact) mass is 269 g/mol. The second kappa shape index (κ2) is 6.57. The minimum Gasteiger partial charge on any atom is -0.381 e. The van der Waals surface area contributed by atoms with Gasteiger partial charge in [-0.3, -0.25) is 0 Å². The Bertz CT molecular complexity index is 295. The first-order valence-electron chi connectivity index (χ1n) is 7.38. The predicted octanol–water partition coefficient (Wildman–Crippen LogP) is 1.15. The number of piperidine rings is 1. The normalized spacial score (nSPS) is 26.5. The fraction of sp³-hybridized carbons (Fsp3) is 0.929. The van der Waals surface area contributed by atoms with Gasteiger partial charge in [0.05, 0.1) is 6.61 Å². The number of likely N-dealkylation sites (tertiary alicyclic amines) is 1. The molecule has 2 atom stereocenters. The summed E-state index contributed by atoms with van der Waals surface area (Å²) < 4.78 is 5.44. The molecule has 2 heterocycles. The zero-order valence-electron chi connectivity index (χ0n) is 12.4. The summed E-state index contributed by atoms with van der Waals surface area (Å²) in [5.41, 5.74) is 0. The van der Waals surface area contributed by atoms with E-state index >= 15 is 0 Å². The molecule has 0 saturated carbocycles. The number of nitrogens with one attached hydrogen (secondary N) is 1. The number of urea groups is 1. The fourth-order valence-corrected chi connectivity index (χ4v) is 2.98. The van der Waals surface area contributed by atoms with Gasteiger partial charge in [-0.15, -0.1) is 0 Å². The van der Waals surface area contributed by atoms with E-state index in [0.29, 0.717) is 18.0 Å². The number of rotatable bonds is 3. The Morgan fingerprint density at radius 3 is 2.53 bits per heavy atom. The van der Waals surface area contributed by atoms with Gasteiger partial charge in [0.2, 0.25) is 0 Å². The van der Waals surface area contributed by atoms with Gasteiger partial charge < -0.3 is 19.9 Å². The Morgan fingerprint density at radius 2 is 2.00 bits per heavy atom. The van der Waals surface area contributed by atoms with Crippen LogP contribution in [-0.2, 0) is 4.74 Å². The van der Waals surface area contributed by atoms with Crippen molar-refractivity contribution in [2.24, 2.45) is 5.92 Å². The summed E-state index contributed by atoms with van der Waals surface area (Å²) in [6.07, 6.45) is 3.28. The molecular formula is C14H27N3O2. The van der Waals surface area contributed by atoms with Crippen molar-refractivity contribution in [3.63, 3.8) is 0 Å². The minimum atomic E-state index is 0.135. The third kappa shape index (κ3) is 3.83. The lowest BCUT2D eigenvalue weighted by Crippen LogP contribution is -2.50. The van der Waals surface area contributed by atoms with Gasteiger partial charge in [0, 0.05) is 45.9 Å². The van der Waals surface area contributed by atoms with Crippen LogP contribution >= 0.6 is 0 Å². The van der Waals surface area contributed by atoms with E-state index in [-0.39, 0.29) is 6.03 Å². The van der Waals surface area contributed by atoms with Crippen molar-refractivity contribution in [1.29, 1.82) is 0 Å². The molecule has 110 valence electrons. The first-order chi connectivity index (χ1) is 9.08. The fourth-order valence-electron chi connectivity index (χ4n) is 2.98. The van der Waals surface area contributed by atoms with Crippen LogP contribution in [0.4, 0.5) is 4.79 Å². The van der Waals surface area contributed by atoms with Crippen molar-refractivity contribution in [2.75, 3.05) is 40.4 Å². The molecule has 0 aromatic rings. The molecule has 2 unspecified atom stereocenters. The highest BCUT2D eigenvalue weighted by atomic mass is 16.5. The van der Waals surface area contributed by atoms with E-state index in [1.807, 2.05) is 19.0 Å². The highest BCUT2D eigenvalue weighted by Gasteiger charge is 2.27. The van der Waals surface area contributed by atoms with E-state index in [1.165, 1.54) is 6.42 Å². The molecule has 0 aromatic heterocycles. The van der Waals surface area contributed by atoms with E-state index in [9.17, 15) is 4.79 Å². The molecule has 0 spiro atoms. The van der Waals surface area contributed by atoms with Crippen LogP contribution in [0.25, 0.3) is 0 Å². The summed E-state index contributed by atoms with van der Waals surface area (Å²) in [7, 11) is 3.63. The first-order valence-corrected chi connectivity index (χ1v) is 7.38. The van der Waals surface area contributed by atoms with Crippen LogP contribution in [0.3, 0.4) is 0 Å². The average Bonchev–Trinajstić information content (AvgIpc) is 2.92. The largest absolute Gasteiger partial charge is 0.381 e. The number of ether oxygens (including phenoxy) is 1. The summed E-state index contributed by atoms with van der Waals surface area (Å²) in [6, 6.07) is 1.20. The van der Waals surface area contributed by atoms with Gasteiger partial charge in [0.15, 0.2) is 0 Å². The Hall–Kier alpha value is -0.810. The molecule has 1 N–H and O–H groups in total. The maximum absolute atomic E-state index is 11.9. The SMILES string of the molecule is CC(NC1CCN(C(=O)N(C)C)CC1)C1CCOC1. The van der Waals surface area contributed by atoms with E-state index < -0.39 is 0 Å². The summed E-state index contributed by atoms with van der Waals surface area (Å²) in [4.78, 5) is 15.5. The summed E-state index contributed by atoms with van der Waals surface area (Å²) in [5.74, 6) is 0.654. The smallest absolute Gasteiger partial charge is 0.319 e. The molecule has 2 saturated heterocycles. The van der Waals surface area contributed by atoms with Gasteiger partial charge >= 0.3 is 6.03 Å². The van der Waals surface area contributed by atoms with E-state index in [4.69, 9.17) is 4.74 Å². The van der Waals surface area contributed by atoms with Crippen molar-refractivity contribution in [3.8, 4) is 0 Å². The lowest BCUT2D eigenvalue weighted by Gasteiger charge is -2.36. The van der Waals surface area contributed by atoms with Crippen LogP contribution < -0.4 is 5.32 Å². The van der Waals surface area contributed by atoms with Crippen molar-refractivity contribution < 1.29 is 9.53 Å². The number of carbonyl (C=O) groups excluding carboxylic acids is 1. The maximum Gasteiger partial charge on any atom is 0.319 e. The van der Waals surface area contributed by atoms with E-state index in [0.717, 1.165) is 39.1 Å². The van der Waals surface area contributed by atoms with Gasteiger partial charge in [-0.05, 0) is 32.1 Å². The van der Waals surface area contributed by atoms with Crippen molar-refractivity contribution in [3.05, 3.63) is 0 Å². The van der Waals surface area contributed by atoms with Crippen LogP contribution in [0, 0.1) is 5.92 Å². The third-order valence-electron chi connectivity index (χ3n) is 4.32. The van der Waals surface area contributed by atoms with Gasteiger partial charge in [-0.1, -0.05) is 0 Å². The predicted molar refractivity (Wildman–Crippen MR) is 75.2 cm³/mol. The average molecular weight is 269 g/mol. The van der Waals surface area contributed by atoms with Crippen LogP contribution in [0.1, 0.15) is 26.2 Å². The van der Waals surface area contributed by atoms with Crippen molar-refractivity contribution in [2.45, 2.75) is 38.3 Å². The highest BCUT2D eigenvalue weighted by molar-refractivity contribution is 5.73. The van der Waals surface area contributed by atoms with Crippen LogP contribution in [0.2, 0.25) is 0 Å². The maximum atomic E-state index is 11.9. The van der Waals surface area contributed by atoms with Crippen molar-refractivity contribution >= 4 is 6.03 Å². The van der Waals surface area contributed by atoms with Gasteiger partial charge in [-0.2, -0.15) is 0 Å². The molecule has 0 aromatic carbocycles. The first kappa shape index (κ1) is 14.6. The molecular weight excluding hydrogens is 242 g/mol. The van der Waals surface area contributed by atoms with E-state index in [2.05, 4.69) is 12.2 Å². The molecule has 0 bridgehead atoms. The molecule has 0 radical (unpaired) electrons. The zero-order valence-corrected chi connectivity index (χ0v) is 12.4. The molecule has 2 aliphatic rings. The standard InChI is InChI=1S/C14H27N3O2/c1-11(12-6-9-19-10-12)15-13-4-7-17(8-5-13)14(18)16(2)3/h11-13,15H,4-10H2,1-3H3. The second-order valence-electron chi connectivity index (χ2n) is 6.02. The number of hydrogen-bond donors (Lipinski definition) is 1.